The molecule has 2 N–H and O–H groups in total. The van der Waals surface area contributed by atoms with Crippen LogP contribution in [-0.4, -0.2) is 103 Å². The number of carbonyl (C=O) groups is 4. The van der Waals surface area contributed by atoms with E-state index in [4.69, 9.17) is 9.97 Å². The van der Waals surface area contributed by atoms with E-state index < -0.39 is 17.8 Å². The second-order valence-electron chi connectivity index (χ2n) is 21.7. The third-order valence-corrected chi connectivity index (χ3v) is 14.4. The Morgan fingerprint density at radius 2 is 0.970 bits per heavy atom. The van der Waals surface area contributed by atoms with Gasteiger partial charge in [-0.3, -0.25) is 19.2 Å². The molecule has 8 rings (SSSR count). The zero-order valence-corrected chi connectivity index (χ0v) is 40.3. The number of carbonyl (C=O) groups excluding carboxylic acids is 3. The summed E-state index contributed by atoms with van der Waals surface area (Å²) in [7, 11) is 1.64. The molecule has 2 saturated heterocycles. The number of likely N-dealkylation sites (tertiary alicyclic amines) is 2. The van der Waals surface area contributed by atoms with Gasteiger partial charge in [0.05, 0.1) is 28.0 Å². The highest BCUT2D eigenvalue weighted by atomic mass is 19.3. The lowest BCUT2D eigenvalue weighted by molar-refractivity contribution is -0.143. The van der Waals surface area contributed by atoms with Crippen LogP contribution in [0.15, 0.2) is 36.4 Å². The predicted octanol–water partition coefficient (Wildman–Crippen LogP) is 9.85. The van der Waals surface area contributed by atoms with Crippen molar-refractivity contribution in [3.8, 4) is 0 Å². The maximum atomic E-state index is 13.7. The van der Waals surface area contributed by atoms with Crippen molar-refractivity contribution >= 4 is 45.8 Å². The minimum atomic E-state index is -2.55. The minimum Gasteiger partial charge on any atom is -0.481 e. The molecule has 2 aliphatic carbocycles. The van der Waals surface area contributed by atoms with E-state index in [1.807, 2.05) is 35.2 Å². The first-order chi connectivity index (χ1) is 31.4. The highest BCUT2D eigenvalue weighted by Crippen LogP contribution is 2.40. The van der Waals surface area contributed by atoms with Gasteiger partial charge in [0.15, 0.2) is 0 Å². The van der Waals surface area contributed by atoms with Crippen molar-refractivity contribution in [1.82, 2.24) is 34.2 Å². The van der Waals surface area contributed by atoms with Crippen molar-refractivity contribution in [2.24, 2.45) is 23.7 Å². The maximum absolute atomic E-state index is 13.7. The summed E-state index contributed by atoms with van der Waals surface area (Å²) in [5, 5.41) is 11.9. The number of alkyl halides is 4. The lowest BCUT2D eigenvalue weighted by Crippen LogP contribution is -2.42. The van der Waals surface area contributed by atoms with Crippen molar-refractivity contribution in [2.75, 3.05) is 33.2 Å². The average molecular weight is 936 g/mol. The quantitative estimate of drug-likeness (QED) is 0.168. The summed E-state index contributed by atoms with van der Waals surface area (Å²) in [4.78, 5) is 62.6. The second-order valence-corrected chi connectivity index (χ2v) is 21.7. The molecule has 0 spiro atoms. The van der Waals surface area contributed by atoms with Crippen molar-refractivity contribution in [2.45, 2.75) is 154 Å². The van der Waals surface area contributed by atoms with Gasteiger partial charge < -0.3 is 29.4 Å². The number of amides is 3. The minimum absolute atomic E-state index is 0.0375. The van der Waals surface area contributed by atoms with E-state index in [2.05, 4.69) is 56.0 Å². The number of hydrogen-bond acceptors (Lipinski definition) is 6. The molecule has 2 aromatic heterocycles. The molecule has 4 aromatic rings. The molecule has 2 aromatic carbocycles. The third-order valence-electron chi connectivity index (χ3n) is 14.4. The molecule has 0 radical (unpaired) electrons. The number of nitrogens with one attached hydrogen (secondary N) is 1. The van der Waals surface area contributed by atoms with Crippen LogP contribution in [-0.2, 0) is 33.5 Å². The van der Waals surface area contributed by atoms with E-state index in [1.165, 1.54) is 0 Å². The monoisotopic (exact) mass is 936 g/mol. The van der Waals surface area contributed by atoms with Gasteiger partial charge in [0.2, 0.25) is 17.8 Å². The lowest BCUT2D eigenvalue weighted by Gasteiger charge is -2.31. The van der Waals surface area contributed by atoms with Gasteiger partial charge in [0.25, 0.3) is 11.8 Å². The average Bonchev–Trinajstić information content (AvgIpc) is 3.85. The Kier molecular flexibility index (Phi) is 14.5. The summed E-state index contributed by atoms with van der Waals surface area (Å²) in [5.74, 6) is -4.25. The van der Waals surface area contributed by atoms with Crippen LogP contribution in [0.25, 0.3) is 22.1 Å². The summed E-state index contributed by atoms with van der Waals surface area (Å²) in [6, 6.07) is 11.2. The number of aromatic nitrogens is 4. The highest BCUT2D eigenvalue weighted by molar-refractivity contribution is 5.98. The number of rotatable bonds is 8. The standard InChI is InChI=1S/C26H36F2N4O2.C25H33F2N3O3/c1-25(2,3)24-30-20-15-19(23(34)31-13-9-18(10-14-31)22(33)29-4)5-6-21(20)32(24)16-17-7-11-26(27,28)12-8-17;1-24(2,3)23-28-19-14-18(21(31)29-12-8-17(9-13-29)22(32)33)4-5-20(19)30(23)15-16-6-10-25(26,27)11-7-16/h5-6,15,17-18H,7-14,16H2,1-4H3,(H,29,33);4-5,14,16-17H,6-13,15H2,1-3H3,(H,32,33). The number of imidazole rings is 2. The Hall–Kier alpha value is -5.02. The molecule has 4 heterocycles. The smallest absolute Gasteiger partial charge is 0.306 e. The fourth-order valence-electron chi connectivity index (χ4n) is 10.4. The number of fused-ring (bicyclic) bond motifs is 2. The summed E-state index contributed by atoms with van der Waals surface area (Å²) in [6.45, 7) is 15.8. The normalized spacial score (nSPS) is 20.2. The van der Waals surface area contributed by atoms with Crippen LogP contribution in [0.4, 0.5) is 17.6 Å². The summed E-state index contributed by atoms with van der Waals surface area (Å²) in [5.41, 5.74) is 4.02. The van der Waals surface area contributed by atoms with Crippen LogP contribution in [0.3, 0.4) is 0 Å². The number of aliphatic carboxylic acids is 1. The zero-order chi connectivity index (χ0) is 48.6. The van der Waals surface area contributed by atoms with Gasteiger partial charge in [-0.25, -0.2) is 27.5 Å². The van der Waals surface area contributed by atoms with E-state index in [0.29, 0.717) is 102 Å². The summed E-state index contributed by atoms with van der Waals surface area (Å²) >= 11 is 0. The number of piperidine rings is 2. The first-order valence-electron chi connectivity index (χ1n) is 24.2. The molecular formula is C51H69F4N7O5. The number of benzene rings is 2. The van der Waals surface area contributed by atoms with Gasteiger partial charge in [0.1, 0.15) is 11.6 Å². The molecule has 12 nitrogen and oxygen atoms in total. The van der Waals surface area contributed by atoms with E-state index in [1.54, 1.807) is 18.0 Å². The fraction of sp³-hybridized carbons (Fsp3) is 0.647. The zero-order valence-electron chi connectivity index (χ0n) is 40.3. The largest absolute Gasteiger partial charge is 0.481 e. The molecule has 366 valence electrons. The van der Waals surface area contributed by atoms with Crippen molar-refractivity contribution < 1.29 is 41.8 Å². The molecule has 4 aliphatic rings. The molecule has 16 heteroatoms. The number of halogens is 4. The highest BCUT2D eigenvalue weighted by Gasteiger charge is 2.38. The van der Waals surface area contributed by atoms with E-state index in [0.717, 1.165) is 33.7 Å². The Bertz CT molecular complexity index is 2430. The second kappa shape index (κ2) is 19.5. The van der Waals surface area contributed by atoms with Gasteiger partial charge in [-0.15, -0.1) is 0 Å². The number of nitrogens with zero attached hydrogens (tertiary/aromatic N) is 6. The number of carboxylic acids is 1. The van der Waals surface area contributed by atoms with E-state index >= 15 is 0 Å². The van der Waals surface area contributed by atoms with Crippen LogP contribution < -0.4 is 5.32 Å². The Morgan fingerprint density at radius 3 is 1.30 bits per heavy atom. The van der Waals surface area contributed by atoms with E-state index in [-0.39, 0.29) is 77.9 Å². The Labute approximate surface area is 391 Å². The first kappa shape index (κ1) is 49.9. The van der Waals surface area contributed by atoms with Crippen LogP contribution in [0.2, 0.25) is 0 Å². The molecule has 2 aliphatic heterocycles. The Morgan fingerprint density at radius 1 is 0.612 bits per heavy atom. The predicted molar refractivity (Wildman–Crippen MR) is 250 cm³/mol. The lowest BCUT2D eigenvalue weighted by atomic mass is 9.86. The topological polar surface area (TPSA) is 143 Å². The summed E-state index contributed by atoms with van der Waals surface area (Å²) < 4.78 is 58.9. The number of hydrogen-bond donors (Lipinski definition) is 2. The molecular weight excluding hydrogens is 867 g/mol. The molecule has 4 fully saturated rings. The van der Waals surface area contributed by atoms with Crippen molar-refractivity contribution in [3.05, 3.63) is 59.2 Å². The molecule has 3 amide bonds. The summed E-state index contributed by atoms with van der Waals surface area (Å²) in [6.07, 6.45) is 4.05. The SMILES string of the molecule is CC(C)(C)c1nc2cc(C(=O)N3CCC(C(=O)O)CC3)ccc2n1CC1CCC(F)(F)CC1.CNC(=O)C1CCN(C(=O)c2ccc3c(c2)nc(C(C)(C)C)n3CC2CCC(F)(F)CC2)CC1. The number of carboxylic acid groups (broad SMARTS) is 1. The third kappa shape index (κ3) is 11.6. The molecule has 0 bridgehead atoms. The first-order valence-corrected chi connectivity index (χ1v) is 24.2. The van der Waals surface area contributed by atoms with Gasteiger partial charge in [-0.1, -0.05) is 41.5 Å². The van der Waals surface area contributed by atoms with Gasteiger partial charge >= 0.3 is 5.97 Å². The van der Waals surface area contributed by atoms with Crippen molar-refractivity contribution in [1.29, 1.82) is 0 Å². The molecule has 67 heavy (non-hydrogen) atoms. The van der Waals surface area contributed by atoms with Crippen molar-refractivity contribution in [3.63, 3.8) is 0 Å². The van der Waals surface area contributed by atoms with Gasteiger partial charge in [-0.2, -0.15) is 0 Å². The van der Waals surface area contributed by atoms with Crippen LogP contribution in [0.5, 0.6) is 0 Å². The van der Waals surface area contributed by atoms with Crippen LogP contribution in [0.1, 0.15) is 151 Å². The van der Waals surface area contributed by atoms with Crippen LogP contribution >= 0.6 is 0 Å². The molecule has 0 atom stereocenters. The fourth-order valence-corrected chi connectivity index (χ4v) is 10.4. The van der Waals surface area contributed by atoms with Gasteiger partial charge in [-0.05, 0) is 99.6 Å². The molecule has 2 saturated carbocycles. The van der Waals surface area contributed by atoms with E-state index in [9.17, 15) is 41.8 Å². The Balaban J connectivity index is 0.000000199. The molecule has 0 unspecified atom stereocenters. The van der Waals surface area contributed by atoms with Crippen LogP contribution in [0, 0.1) is 23.7 Å². The van der Waals surface area contributed by atoms with Gasteiger partial charge in [0, 0.05) is 99.9 Å². The maximum Gasteiger partial charge on any atom is 0.306 e.